The molecule has 0 spiro atoms. The highest BCUT2D eigenvalue weighted by molar-refractivity contribution is 5.53. The van der Waals surface area contributed by atoms with E-state index in [2.05, 4.69) is 34.6 Å². The fourth-order valence-corrected chi connectivity index (χ4v) is 2.17. The van der Waals surface area contributed by atoms with Crippen LogP contribution in [0.15, 0.2) is 28.7 Å². The summed E-state index contributed by atoms with van der Waals surface area (Å²) in [6.45, 7) is 3.09. The Hall–Kier alpha value is -1.68. The third-order valence-electron chi connectivity index (χ3n) is 3.06. The largest absolute Gasteiger partial charge is 0.419 e. The van der Waals surface area contributed by atoms with Crippen LogP contribution in [-0.4, -0.2) is 16.7 Å². The van der Waals surface area contributed by atoms with E-state index in [1.54, 1.807) is 0 Å². The maximum absolute atomic E-state index is 5.72. The van der Waals surface area contributed by atoms with Gasteiger partial charge in [-0.3, -0.25) is 0 Å². The van der Waals surface area contributed by atoms with Crippen LogP contribution in [0.25, 0.3) is 11.5 Å². The summed E-state index contributed by atoms with van der Waals surface area (Å²) in [5.74, 6) is 1.32. The monoisotopic (exact) mass is 229 g/mol. The second-order valence-electron chi connectivity index (χ2n) is 4.46. The molecule has 0 aliphatic carbocycles. The first kappa shape index (κ1) is 10.5. The van der Waals surface area contributed by atoms with Gasteiger partial charge in [0.1, 0.15) is 0 Å². The molecule has 88 valence electrons. The fraction of sp³-hybridized carbons (Fsp3) is 0.385. The minimum Gasteiger partial charge on any atom is -0.419 e. The molecular formula is C13H15N3O. The molecule has 4 heteroatoms. The molecule has 1 saturated heterocycles. The molecule has 1 unspecified atom stereocenters. The van der Waals surface area contributed by atoms with E-state index in [0.29, 0.717) is 11.8 Å². The van der Waals surface area contributed by atoms with Crippen LogP contribution in [0.3, 0.4) is 0 Å². The third-order valence-corrected chi connectivity index (χ3v) is 3.06. The van der Waals surface area contributed by atoms with Gasteiger partial charge in [-0.05, 0) is 38.4 Å². The Balaban J connectivity index is 1.89. The zero-order valence-corrected chi connectivity index (χ0v) is 9.81. The highest BCUT2D eigenvalue weighted by Gasteiger charge is 2.22. The van der Waals surface area contributed by atoms with Crippen LogP contribution < -0.4 is 5.32 Å². The van der Waals surface area contributed by atoms with Crippen molar-refractivity contribution in [2.45, 2.75) is 25.8 Å². The van der Waals surface area contributed by atoms with Crippen molar-refractivity contribution < 1.29 is 4.42 Å². The van der Waals surface area contributed by atoms with Gasteiger partial charge < -0.3 is 9.73 Å². The summed E-state index contributed by atoms with van der Waals surface area (Å²) in [6.07, 6.45) is 2.25. The molecule has 2 aromatic rings. The maximum Gasteiger partial charge on any atom is 0.247 e. The Morgan fingerprint density at radius 2 is 2.29 bits per heavy atom. The first-order valence-electron chi connectivity index (χ1n) is 5.97. The van der Waals surface area contributed by atoms with E-state index in [9.17, 15) is 0 Å². The second-order valence-corrected chi connectivity index (χ2v) is 4.46. The van der Waals surface area contributed by atoms with E-state index >= 15 is 0 Å². The summed E-state index contributed by atoms with van der Waals surface area (Å²) >= 11 is 0. The Labute approximate surface area is 100 Å². The molecule has 1 aromatic heterocycles. The molecule has 1 aromatic carbocycles. The van der Waals surface area contributed by atoms with Crippen LogP contribution in [0.2, 0.25) is 0 Å². The van der Waals surface area contributed by atoms with Crippen LogP contribution in [0, 0.1) is 6.92 Å². The fourth-order valence-electron chi connectivity index (χ4n) is 2.17. The summed E-state index contributed by atoms with van der Waals surface area (Å²) in [4.78, 5) is 0. The summed E-state index contributed by atoms with van der Waals surface area (Å²) in [5.41, 5.74) is 2.18. The summed E-state index contributed by atoms with van der Waals surface area (Å²) in [5, 5.41) is 11.6. The molecule has 0 amide bonds. The molecule has 1 atom stereocenters. The van der Waals surface area contributed by atoms with Gasteiger partial charge in [0.05, 0.1) is 6.04 Å². The van der Waals surface area contributed by atoms with Crippen molar-refractivity contribution in [3.05, 3.63) is 35.7 Å². The number of hydrogen-bond acceptors (Lipinski definition) is 4. The van der Waals surface area contributed by atoms with Crippen molar-refractivity contribution >= 4 is 0 Å². The van der Waals surface area contributed by atoms with Gasteiger partial charge in [-0.2, -0.15) is 0 Å². The van der Waals surface area contributed by atoms with E-state index < -0.39 is 0 Å². The molecule has 3 rings (SSSR count). The normalized spacial score (nSPS) is 19.7. The number of nitrogens with zero attached hydrogens (tertiary/aromatic N) is 2. The Kier molecular flexibility index (Phi) is 2.65. The molecule has 0 bridgehead atoms. The van der Waals surface area contributed by atoms with Crippen molar-refractivity contribution in [2.24, 2.45) is 0 Å². The number of aromatic nitrogens is 2. The quantitative estimate of drug-likeness (QED) is 0.859. The first-order chi connectivity index (χ1) is 8.33. The van der Waals surface area contributed by atoms with Gasteiger partial charge in [0.2, 0.25) is 11.8 Å². The van der Waals surface area contributed by atoms with E-state index in [1.165, 1.54) is 12.0 Å². The van der Waals surface area contributed by atoms with Gasteiger partial charge in [-0.25, -0.2) is 0 Å². The van der Waals surface area contributed by atoms with Crippen molar-refractivity contribution in [1.29, 1.82) is 0 Å². The number of aryl methyl sites for hydroxylation is 1. The average Bonchev–Trinajstić information content (AvgIpc) is 3.00. The lowest BCUT2D eigenvalue weighted by Gasteiger charge is -2.02. The lowest BCUT2D eigenvalue weighted by Crippen LogP contribution is -2.12. The number of rotatable bonds is 2. The van der Waals surface area contributed by atoms with Gasteiger partial charge >= 0.3 is 0 Å². The molecule has 1 aliphatic heterocycles. The third kappa shape index (κ3) is 2.08. The Morgan fingerprint density at radius 1 is 1.35 bits per heavy atom. The second kappa shape index (κ2) is 4.30. The molecule has 2 heterocycles. The Morgan fingerprint density at radius 3 is 3.06 bits per heavy atom. The van der Waals surface area contributed by atoms with Gasteiger partial charge in [-0.15, -0.1) is 10.2 Å². The summed E-state index contributed by atoms with van der Waals surface area (Å²) in [7, 11) is 0. The van der Waals surface area contributed by atoms with Gasteiger partial charge in [0, 0.05) is 5.56 Å². The van der Waals surface area contributed by atoms with Crippen molar-refractivity contribution in [1.82, 2.24) is 15.5 Å². The zero-order valence-electron chi connectivity index (χ0n) is 9.81. The highest BCUT2D eigenvalue weighted by atomic mass is 16.4. The Bertz CT molecular complexity index is 515. The van der Waals surface area contributed by atoms with E-state index in [1.807, 2.05) is 12.1 Å². The molecule has 1 fully saturated rings. The molecule has 1 aliphatic rings. The molecular weight excluding hydrogens is 214 g/mol. The van der Waals surface area contributed by atoms with Gasteiger partial charge in [-0.1, -0.05) is 17.7 Å². The SMILES string of the molecule is Cc1cccc(-c2nnc(C3CCCN3)o2)c1. The number of benzene rings is 1. The predicted octanol–water partition coefficient (Wildman–Crippen LogP) is 2.47. The van der Waals surface area contributed by atoms with Crippen LogP contribution in [0.1, 0.15) is 30.3 Å². The number of nitrogens with one attached hydrogen (secondary N) is 1. The van der Waals surface area contributed by atoms with E-state index in [-0.39, 0.29) is 6.04 Å². The smallest absolute Gasteiger partial charge is 0.247 e. The van der Waals surface area contributed by atoms with E-state index in [0.717, 1.165) is 18.5 Å². The molecule has 0 radical (unpaired) electrons. The molecule has 17 heavy (non-hydrogen) atoms. The van der Waals surface area contributed by atoms with Crippen molar-refractivity contribution in [3.8, 4) is 11.5 Å². The standard InChI is InChI=1S/C13H15N3O/c1-9-4-2-5-10(8-9)12-15-16-13(17-12)11-6-3-7-14-11/h2,4-5,8,11,14H,3,6-7H2,1H3. The average molecular weight is 229 g/mol. The minimum atomic E-state index is 0.237. The molecule has 1 N–H and O–H groups in total. The zero-order chi connectivity index (χ0) is 11.7. The summed E-state index contributed by atoms with van der Waals surface area (Å²) in [6, 6.07) is 8.34. The van der Waals surface area contributed by atoms with Crippen molar-refractivity contribution in [2.75, 3.05) is 6.54 Å². The minimum absolute atomic E-state index is 0.237. The topological polar surface area (TPSA) is 51.0 Å². The van der Waals surface area contributed by atoms with Crippen molar-refractivity contribution in [3.63, 3.8) is 0 Å². The van der Waals surface area contributed by atoms with Crippen LogP contribution in [0.4, 0.5) is 0 Å². The van der Waals surface area contributed by atoms with Gasteiger partial charge in [0.25, 0.3) is 0 Å². The lowest BCUT2D eigenvalue weighted by atomic mass is 10.1. The molecule has 0 saturated carbocycles. The van der Waals surface area contributed by atoms with Crippen LogP contribution in [-0.2, 0) is 0 Å². The first-order valence-corrected chi connectivity index (χ1v) is 5.97. The maximum atomic E-state index is 5.72. The number of hydrogen-bond donors (Lipinski definition) is 1. The van der Waals surface area contributed by atoms with Crippen LogP contribution in [0.5, 0.6) is 0 Å². The summed E-state index contributed by atoms with van der Waals surface area (Å²) < 4.78 is 5.72. The lowest BCUT2D eigenvalue weighted by molar-refractivity contribution is 0.437. The predicted molar refractivity (Wildman–Crippen MR) is 64.4 cm³/mol. The van der Waals surface area contributed by atoms with Gasteiger partial charge in [0.15, 0.2) is 0 Å². The highest BCUT2D eigenvalue weighted by Crippen LogP contribution is 2.25. The molecule has 4 nitrogen and oxygen atoms in total. The van der Waals surface area contributed by atoms with E-state index in [4.69, 9.17) is 4.42 Å². The van der Waals surface area contributed by atoms with Crippen LogP contribution >= 0.6 is 0 Å².